The fourth-order valence-electron chi connectivity index (χ4n) is 2.90. The third-order valence-corrected chi connectivity index (χ3v) is 6.81. The number of thiazole rings is 1. The number of amides is 1. The van der Waals surface area contributed by atoms with Crippen molar-refractivity contribution in [2.45, 2.75) is 25.3 Å². The number of hydrogen-bond acceptors (Lipinski definition) is 6. The summed E-state index contributed by atoms with van der Waals surface area (Å²) in [5.74, 6) is -0.970. The number of hydrogen-bond donors (Lipinski definition) is 0. The van der Waals surface area contributed by atoms with Gasteiger partial charge >= 0.3 is 5.97 Å². The molecule has 9 heteroatoms. The maximum absolute atomic E-state index is 12.7. The molecule has 0 unspecified atom stereocenters. The zero-order valence-corrected chi connectivity index (χ0v) is 18.1. The molecule has 0 N–H and O–H groups in total. The molecule has 1 aromatic heterocycles. The SMILES string of the molecule is COC(=O)Cn1c(=NC(=O)c2ccc(S(C)(=O)=O)cc2)sc2c(C)ccc(C)c21. The van der Waals surface area contributed by atoms with Crippen LogP contribution in [0.1, 0.15) is 21.5 Å². The second-order valence-electron chi connectivity index (χ2n) is 6.64. The molecule has 0 radical (unpaired) electrons. The predicted octanol–water partition coefficient (Wildman–Crippen LogP) is 2.64. The third kappa shape index (κ3) is 4.30. The van der Waals surface area contributed by atoms with E-state index in [0.29, 0.717) is 4.80 Å². The number of benzene rings is 2. The highest BCUT2D eigenvalue weighted by atomic mass is 32.2. The summed E-state index contributed by atoms with van der Waals surface area (Å²) in [6, 6.07) is 9.53. The number of fused-ring (bicyclic) bond motifs is 1. The van der Waals surface area contributed by atoms with Crippen LogP contribution in [0, 0.1) is 13.8 Å². The van der Waals surface area contributed by atoms with Gasteiger partial charge in [0.2, 0.25) is 0 Å². The minimum Gasteiger partial charge on any atom is -0.468 e. The minimum atomic E-state index is -3.35. The van der Waals surface area contributed by atoms with Crippen LogP contribution in [0.3, 0.4) is 0 Å². The highest BCUT2D eigenvalue weighted by Crippen LogP contribution is 2.25. The lowest BCUT2D eigenvalue weighted by molar-refractivity contribution is -0.141. The Balaban J connectivity index is 2.15. The molecule has 1 amide bonds. The van der Waals surface area contributed by atoms with Crippen molar-refractivity contribution in [2.75, 3.05) is 13.4 Å². The Morgan fingerprint density at radius 2 is 1.69 bits per heavy atom. The van der Waals surface area contributed by atoms with Crippen molar-refractivity contribution in [1.29, 1.82) is 0 Å². The predicted molar refractivity (Wildman–Crippen MR) is 111 cm³/mol. The molecule has 0 aliphatic carbocycles. The molecule has 152 valence electrons. The van der Waals surface area contributed by atoms with Crippen LogP contribution < -0.4 is 4.80 Å². The summed E-state index contributed by atoms with van der Waals surface area (Å²) in [7, 11) is -2.04. The van der Waals surface area contributed by atoms with E-state index in [2.05, 4.69) is 4.99 Å². The average Bonchev–Trinajstić information content (AvgIpc) is 3.03. The first-order valence-electron chi connectivity index (χ1n) is 8.67. The lowest BCUT2D eigenvalue weighted by atomic mass is 10.1. The summed E-state index contributed by atoms with van der Waals surface area (Å²) < 4.78 is 30.6. The maximum Gasteiger partial charge on any atom is 0.325 e. The summed E-state index contributed by atoms with van der Waals surface area (Å²) in [5, 5.41) is 0. The lowest BCUT2D eigenvalue weighted by Gasteiger charge is -2.06. The highest BCUT2D eigenvalue weighted by molar-refractivity contribution is 7.90. The molecule has 0 fully saturated rings. The van der Waals surface area contributed by atoms with Gasteiger partial charge in [-0.2, -0.15) is 4.99 Å². The Morgan fingerprint density at radius 3 is 2.28 bits per heavy atom. The topological polar surface area (TPSA) is 94.8 Å². The van der Waals surface area contributed by atoms with Crippen LogP contribution in [0.2, 0.25) is 0 Å². The number of ether oxygens (including phenoxy) is 1. The van der Waals surface area contributed by atoms with Gasteiger partial charge in [-0.15, -0.1) is 0 Å². The number of carbonyl (C=O) groups excluding carboxylic acids is 2. The van der Waals surface area contributed by atoms with Crippen LogP contribution in [0.5, 0.6) is 0 Å². The number of carbonyl (C=O) groups is 2. The molecule has 1 heterocycles. The Kier molecular flexibility index (Phi) is 5.72. The zero-order chi connectivity index (χ0) is 21.3. The summed E-state index contributed by atoms with van der Waals surface area (Å²) in [4.78, 5) is 29.3. The van der Waals surface area contributed by atoms with Crippen LogP contribution >= 0.6 is 11.3 Å². The fraction of sp³-hybridized carbons (Fsp3) is 0.250. The standard InChI is InChI=1S/C20H20N2O5S2/c1-12-5-6-13(2)18-17(12)22(11-16(23)27-3)20(28-18)21-19(24)14-7-9-15(10-8-14)29(4,25)26/h5-10H,11H2,1-4H3. The molecule has 0 saturated carbocycles. The normalized spacial score (nSPS) is 12.3. The van der Waals surface area contributed by atoms with Crippen molar-refractivity contribution >= 4 is 43.3 Å². The maximum atomic E-state index is 12.7. The summed E-state index contributed by atoms with van der Waals surface area (Å²) >= 11 is 1.32. The number of esters is 1. The molecule has 0 bridgehead atoms. The fourth-order valence-corrected chi connectivity index (χ4v) is 4.70. The van der Waals surface area contributed by atoms with E-state index in [9.17, 15) is 18.0 Å². The van der Waals surface area contributed by atoms with Gasteiger partial charge in [-0.05, 0) is 49.2 Å². The van der Waals surface area contributed by atoms with Crippen molar-refractivity contribution in [1.82, 2.24) is 4.57 Å². The molecule has 29 heavy (non-hydrogen) atoms. The van der Waals surface area contributed by atoms with Gasteiger partial charge in [0.05, 0.1) is 22.2 Å². The smallest absolute Gasteiger partial charge is 0.325 e. The Hall–Kier alpha value is -2.78. The van der Waals surface area contributed by atoms with Gasteiger partial charge in [-0.3, -0.25) is 9.59 Å². The van der Waals surface area contributed by atoms with Gasteiger partial charge in [0.15, 0.2) is 14.6 Å². The number of methoxy groups -OCH3 is 1. The molecule has 0 atom stereocenters. The van der Waals surface area contributed by atoms with Crippen molar-refractivity contribution in [3.8, 4) is 0 Å². The van der Waals surface area contributed by atoms with Gasteiger partial charge in [-0.1, -0.05) is 23.5 Å². The molecular weight excluding hydrogens is 412 g/mol. The second-order valence-corrected chi connectivity index (χ2v) is 9.63. The summed E-state index contributed by atoms with van der Waals surface area (Å²) in [5.41, 5.74) is 3.06. The van der Waals surface area contributed by atoms with Crippen molar-refractivity contribution in [3.63, 3.8) is 0 Å². The first kappa shape index (κ1) is 20.9. The molecule has 3 aromatic rings. The molecule has 2 aromatic carbocycles. The van der Waals surface area contributed by atoms with E-state index in [1.54, 1.807) is 4.57 Å². The van der Waals surface area contributed by atoms with Gasteiger partial charge in [-0.25, -0.2) is 8.42 Å². The summed E-state index contributed by atoms with van der Waals surface area (Å²) in [6.45, 7) is 3.81. The van der Waals surface area contributed by atoms with Gasteiger partial charge < -0.3 is 9.30 Å². The molecule has 0 spiro atoms. The average molecular weight is 433 g/mol. The van der Waals surface area contributed by atoms with Crippen LogP contribution in [-0.2, 0) is 25.9 Å². The van der Waals surface area contributed by atoms with Gasteiger partial charge in [0, 0.05) is 11.8 Å². The van der Waals surface area contributed by atoms with E-state index in [4.69, 9.17) is 4.74 Å². The number of nitrogens with zero attached hydrogens (tertiary/aromatic N) is 2. The molecule has 7 nitrogen and oxygen atoms in total. The van der Waals surface area contributed by atoms with Gasteiger partial charge in [0.1, 0.15) is 6.54 Å². The van der Waals surface area contributed by atoms with Crippen LogP contribution in [-0.4, -0.2) is 38.2 Å². The molecular formula is C20H20N2O5S2. The highest BCUT2D eigenvalue weighted by Gasteiger charge is 2.16. The molecule has 0 saturated heterocycles. The number of aromatic nitrogens is 1. The van der Waals surface area contributed by atoms with Crippen molar-refractivity contribution in [2.24, 2.45) is 4.99 Å². The third-order valence-electron chi connectivity index (χ3n) is 4.47. The monoisotopic (exact) mass is 432 g/mol. The largest absolute Gasteiger partial charge is 0.468 e. The van der Waals surface area contributed by atoms with Gasteiger partial charge in [0.25, 0.3) is 5.91 Å². The number of aryl methyl sites for hydroxylation is 2. The second kappa shape index (κ2) is 7.92. The molecule has 0 aliphatic heterocycles. The molecule has 0 aliphatic rings. The van der Waals surface area contributed by atoms with E-state index in [-0.39, 0.29) is 17.0 Å². The quantitative estimate of drug-likeness (QED) is 0.591. The Labute approximate surface area is 172 Å². The van der Waals surface area contributed by atoms with E-state index in [1.165, 1.54) is 42.7 Å². The number of sulfone groups is 1. The first-order valence-corrected chi connectivity index (χ1v) is 11.4. The van der Waals surface area contributed by atoms with Crippen LogP contribution in [0.4, 0.5) is 0 Å². The lowest BCUT2D eigenvalue weighted by Crippen LogP contribution is -2.22. The Morgan fingerprint density at radius 1 is 1.07 bits per heavy atom. The summed E-state index contributed by atoms with van der Waals surface area (Å²) in [6.07, 6.45) is 1.10. The van der Waals surface area contributed by atoms with Crippen LogP contribution in [0.25, 0.3) is 10.2 Å². The minimum absolute atomic E-state index is 0.0695. The van der Waals surface area contributed by atoms with Crippen molar-refractivity contribution < 1.29 is 22.7 Å². The van der Waals surface area contributed by atoms with E-state index < -0.39 is 21.7 Å². The van der Waals surface area contributed by atoms with E-state index in [0.717, 1.165) is 27.6 Å². The molecule has 3 rings (SSSR count). The van der Waals surface area contributed by atoms with Crippen molar-refractivity contribution in [3.05, 3.63) is 57.9 Å². The van der Waals surface area contributed by atoms with Crippen LogP contribution in [0.15, 0.2) is 46.3 Å². The Bertz CT molecular complexity index is 1280. The van der Waals surface area contributed by atoms with E-state index in [1.807, 2.05) is 26.0 Å². The first-order chi connectivity index (χ1) is 13.6. The zero-order valence-electron chi connectivity index (χ0n) is 16.4. The number of rotatable bonds is 4. The van der Waals surface area contributed by atoms with E-state index >= 15 is 0 Å².